The molecule has 5 nitrogen and oxygen atoms in total. The largest absolute Gasteiger partial charge is 0.379 e. The second kappa shape index (κ2) is 7.74. The van der Waals surface area contributed by atoms with Gasteiger partial charge in [0, 0.05) is 19.2 Å². The van der Waals surface area contributed by atoms with Crippen LogP contribution < -0.4 is 10.7 Å². The summed E-state index contributed by atoms with van der Waals surface area (Å²) >= 11 is 5.08. The Labute approximate surface area is 123 Å². The van der Waals surface area contributed by atoms with Gasteiger partial charge in [-0.3, -0.25) is 15.5 Å². The first-order valence-electron chi connectivity index (χ1n) is 6.41. The monoisotopic (exact) mass is 291 g/mol. The van der Waals surface area contributed by atoms with Crippen LogP contribution in [0.15, 0.2) is 36.4 Å². The van der Waals surface area contributed by atoms with E-state index in [2.05, 4.69) is 10.7 Å². The molecule has 1 aliphatic heterocycles. The molecule has 2 N–H and O–H groups in total. The van der Waals surface area contributed by atoms with E-state index in [1.807, 2.05) is 35.3 Å². The zero-order valence-corrected chi connectivity index (χ0v) is 11.9. The third-order valence-electron chi connectivity index (χ3n) is 2.73. The number of ether oxygens (including phenoxy) is 1. The first-order valence-corrected chi connectivity index (χ1v) is 6.82. The van der Waals surface area contributed by atoms with E-state index in [-0.39, 0.29) is 5.91 Å². The number of hydrazine groups is 1. The van der Waals surface area contributed by atoms with E-state index >= 15 is 0 Å². The summed E-state index contributed by atoms with van der Waals surface area (Å²) in [4.78, 5) is 11.7. The van der Waals surface area contributed by atoms with Crippen LogP contribution in [0.1, 0.15) is 5.56 Å². The Balaban J connectivity index is 1.76. The zero-order chi connectivity index (χ0) is 14.2. The van der Waals surface area contributed by atoms with Gasteiger partial charge in [-0.2, -0.15) is 0 Å². The van der Waals surface area contributed by atoms with Gasteiger partial charge in [-0.25, -0.2) is 5.01 Å². The van der Waals surface area contributed by atoms with E-state index in [9.17, 15) is 4.79 Å². The predicted molar refractivity (Wildman–Crippen MR) is 81.7 cm³/mol. The highest BCUT2D eigenvalue weighted by atomic mass is 32.1. The molecule has 1 aromatic rings. The molecular formula is C14H17N3O2S. The van der Waals surface area contributed by atoms with Gasteiger partial charge in [0.05, 0.1) is 13.2 Å². The van der Waals surface area contributed by atoms with Crippen LogP contribution in [0, 0.1) is 0 Å². The van der Waals surface area contributed by atoms with Crippen LogP contribution in [0.25, 0.3) is 6.08 Å². The van der Waals surface area contributed by atoms with Gasteiger partial charge < -0.3 is 4.74 Å². The maximum Gasteiger partial charge on any atom is 0.250 e. The van der Waals surface area contributed by atoms with Crippen LogP contribution >= 0.6 is 12.2 Å². The Hall–Kier alpha value is -1.76. The number of rotatable bonds is 3. The van der Waals surface area contributed by atoms with Crippen molar-refractivity contribution in [1.82, 2.24) is 15.8 Å². The molecule has 1 fully saturated rings. The number of hydrogen-bond donors (Lipinski definition) is 2. The van der Waals surface area contributed by atoms with Gasteiger partial charge in [-0.1, -0.05) is 30.3 Å². The van der Waals surface area contributed by atoms with Crippen LogP contribution in [-0.2, 0) is 9.53 Å². The number of thiocarbonyl (C=S) groups is 1. The van der Waals surface area contributed by atoms with Crippen molar-refractivity contribution in [2.45, 2.75) is 0 Å². The third-order valence-corrected chi connectivity index (χ3v) is 2.93. The Kier molecular flexibility index (Phi) is 5.67. The van der Waals surface area contributed by atoms with E-state index in [1.54, 1.807) is 6.08 Å². The van der Waals surface area contributed by atoms with Crippen molar-refractivity contribution in [2.75, 3.05) is 26.3 Å². The van der Waals surface area contributed by atoms with Crippen LogP contribution in [-0.4, -0.2) is 42.3 Å². The van der Waals surface area contributed by atoms with Crippen molar-refractivity contribution in [3.05, 3.63) is 42.0 Å². The van der Waals surface area contributed by atoms with Crippen LogP contribution in [0.5, 0.6) is 0 Å². The minimum Gasteiger partial charge on any atom is -0.379 e. The summed E-state index contributed by atoms with van der Waals surface area (Å²) in [6.07, 6.45) is 3.20. The fourth-order valence-corrected chi connectivity index (χ4v) is 1.97. The van der Waals surface area contributed by atoms with E-state index in [4.69, 9.17) is 17.0 Å². The quantitative estimate of drug-likeness (QED) is 0.641. The van der Waals surface area contributed by atoms with Crippen LogP contribution in [0.3, 0.4) is 0 Å². The average molecular weight is 291 g/mol. The van der Waals surface area contributed by atoms with E-state index in [1.165, 1.54) is 6.08 Å². The van der Waals surface area contributed by atoms with Crippen molar-refractivity contribution < 1.29 is 9.53 Å². The lowest BCUT2D eigenvalue weighted by Crippen LogP contribution is -2.52. The molecule has 0 aromatic heterocycles. The summed E-state index contributed by atoms with van der Waals surface area (Å²) in [5.41, 5.74) is 3.93. The lowest BCUT2D eigenvalue weighted by Gasteiger charge is -2.27. The molecule has 0 saturated carbocycles. The Bertz CT molecular complexity index is 484. The van der Waals surface area contributed by atoms with Gasteiger partial charge in [0.2, 0.25) is 5.91 Å². The van der Waals surface area contributed by atoms with E-state index in [0.717, 1.165) is 18.7 Å². The summed E-state index contributed by atoms with van der Waals surface area (Å²) in [6.45, 7) is 2.82. The molecule has 0 bridgehead atoms. The Morgan fingerprint density at radius 1 is 1.25 bits per heavy atom. The lowest BCUT2D eigenvalue weighted by molar-refractivity contribution is -0.115. The minimum atomic E-state index is -0.250. The summed E-state index contributed by atoms with van der Waals surface area (Å²) in [5, 5.41) is 4.83. The van der Waals surface area contributed by atoms with Gasteiger partial charge in [0.1, 0.15) is 0 Å². The molecule has 1 aliphatic rings. The molecule has 1 aromatic carbocycles. The van der Waals surface area contributed by atoms with Crippen molar-refractivity contribution in [2.24, 2.45) is 0 Å². The maximum absolute atomic E-state index is 11.7. The smallest absolute Gasteiger partial charge is 0.250 e. The standard InChI is InChI=1S/C14H17N3O2S/c18-13(7-6-12-4-2-1-3-5-12)15-14(20)16-17-8-10-19-11-9-17/h1-7H,8-11H2,(H2,15,16,18,20). The van der Waals surface area contributed by atoms with Crippen LogP contribution in [0.2, 0.25) is 0 Å². The molecule has 1 amide bonds. The topological polar surface area (TPSA) is 53.6 Å². The van der Waals surface area contributed by atoms with E-state index < -0.39 is 0 Å². The fraction of sp³-hybridized carbons (Fsp3) is 0.286. The molecule has 6 heteroatoms. The Morgan fingerprint density at radius 2 is 1.95 bits per heavy atom. The number of benzene rings is 1. The molecular weight excluding hydrogens is 274 g/mol. The van der Waals surface area contributed by atoms with Crippen molar-refractivity contribution in [3.8, 4) is 0 Å². The number of nitrogens with zero attached hydrogens (tertiary/aromatic N) is 1. The lowest BCUT2D eigenvalue weighted by atomic mass is 10.2. The summed E-state index contributed by atoms with van der Waals surface area (Å²) in [5.74, 6) is -0.250. The van der Waals surface area contributed by atoms with Gasteiger partial charge in [0.25, 0.3) is 0 Å². The molecule has 0 atom stereocenters. The second-order valence-corrected chi connectivity index (χ2v) is 4.68. The number of amides is 1. The number of carbonyl (C=O) groups is 1. The number of hydrogen-bond acceptors (Lipinski definition) is 4. The summed E-state index contributed by atoms with van der Waals surface area (Å²) in [7, 11) is 0. The van der Waals surface area contributed by atoms with Crippen molar-refractivity contribution in [1.29, 1.82) is 0 Å². The zero-order valence-electron chi connectivity index (χ0n) is 11.0. The van der Waals surface area contributed by atoms with Crippen LogP contribution in [0.4, 0.5) is 0 Å². The molecule has 20 heavy (non-hydrogen) atoms. The highest BCUT2D eigenvalue weighted by molar-refractivity contribution is 7.80. The highest BCUT2D eigenvalue weighted by Crippen LogP contribution is 2.00. The second-order valence-electron chi connectivity index (χ2n) is 4.27. The molecule has 1 saturated heterocycles. The molecule has 2 rings (SSSR count). The molecule has 1 heterocycles. The molecule has 0 aliphatic carbocycles. The predicted octanol–water partition coefficient (Wildman–Crippen LogP) is 0.938. The number of morpholine rings is 1. The summed E-state index contributed by atoms with van der Waals surface area (Å²) in [6, 6.07) is 9.62. The van der Waals surface area contributed by atoms with Crippen molar-refractivity contribution >= 4 is 29.3 Å². The molecule has 0 radical (unpaired) electrons. The molecule has 0 spiro atoms. The van der Waals surface area contributed by atoms with Gasteiger partial charge in [-0.15, -0.1) is 0 Å². The SMILES string of the molecule is O=C(C=Cc1ccccc1)NC(=S)NN1CCOCC1. The first kappa shape index (κ1) is 14.6. The molecule has 0 unspecified atom stereocenters. The summed E-state index contributed by atoms with van der Waals surface area (Å²) < 4.78 is 5.23. The number of carbonyl (C=O) groups excluding carboxylic acids is 1. The van der Waals surface area contributed by atoms with Gasteiger partial charge in [-0.05, 0) is 23.9 Å². The number of nitrogens with one attached hydrogen (secondary N) is 2. The maximum atomic E-state index is 11.7. The van der Waals surface area contributed by atoms with E-state index in [0.29, 0.717) is 18.3 Å². The van der Waals surface area contributed by atoms with Gasteiger partial charge >= 0.3 is 0 Å². The first-order chi connectivity index (χ1) is 9.74. The highest BCUT2D eigenvalue weighted by Gasteiger charge is 2.11. The van der Waals surface area contributed by atoms with Gasteiger partial charge in [0.15, 0.2) is 5.11 Å². The minimum absolute atomic E-state index is 0.250. The normalized spacial score (nSPS) is 16.0. The van der Waals surface area contributed by atoms with Crippen molar-refractivity contribution in [3.63, 3.8) is 0 Å². The third kappa shape index (κ3) is 5.08. The fourth-order valence-electron chi connectivity index (χ4n) is 1.74. The molecule has 106 valence electrons. The Morgan fingerprint density at radius 3 is 2.65 bits per heavy atom. The average Bonchev–Trinajstić information content (AvgIpc) is 2.47.